The Morgan fingerprint density at radius 1 is 1.31 bits per heavy atom. The Hall–Kier alpha value is -1.10. The third-order valence-electron chi connectivity index (χ3n) is 2.82. The number of nitrogens with one attached hydrogen (secondary N) is 1. The summed E-state index contributed by atoms with van der Waals surface area (Å²) in [5.74, 6) is -1.07. The lowest BCUT2D eigenvalue weighted by Crippen LogP contribution is -2.48. The van der Waals surface area contributed by atoms with Crippen molar-refractivity contribution in [3.05, 3.63) is 0 Å². The Morgan fingerprint density at radius 3 is 2.25 bits per heavy atom. The molecule has 0 radical (unpaired) electrons. The monoisotopic (exact) mass is 230 g/mol. The molecule has 1 amide bonds. The van der Waals surface area contributed by atoms with Crippen molar-refractivity contribution in [2.24, 2.45) is 11.7 Å². The summed E-state index contributed by atoms with van der Waals surface area (Å²) in [5, 5.41) is 11.3. The van der Waals surface area contributed by atoms with Crippen LogP contribution in [0.15, 0.2) is 0 Å². The van der Waals surface area contributed by atoms with Gasteiger partial charge in [0.05, 0.1) is 12.5 Å². The molecule has 0 heterocycles. The molecule has 5 nitrogen and oxygen atoms in total. The molecule has 4 N–H and O–H groups in total. The summed E-state index contributed by atoms with van der Waals surface area (Å²) in [6, 6.07) is -0.895. The standard InChI is InChI=1S/C11H22N2O3/c1-4-7(3)10(12)11(16)13-8(5-2)6-9(14)15/h7-8,10H,4-6,12H2,1-3H3,(H,13,16)(H,14,15)/t7?,8?,10-/m0/s1. The second-order valence-corrected chi connectivity index (χ2v) is 4.12. The van der Waals surface area contributed by atoms with Crippen molar-refractivity contribution in [1.82, 2.24) is 5.32 Å². The first kappa shape index (κ1) is 14.9. The predicted molar refractivity (Wildman–Crippen MR) is 61.9 cm³/mol. The lowest BCUT2D eigenvalue weighted by molar-refractivity contribution is -0.137. The van der Waals surface area contributed by atoms with E-state index in [1.807, 2.05) is 20.8 Å². The summed E-state index contributed by atoms with van der Waals surface area (Å²) in [4.78, 5) is 22.2. The Morgan fingerprint density at radius 2 is 1.88 bits per heavy atom. The molecule has 0 saturated heterocycles. The highest BCUT2D eigenvalue weighted by Gasteiger charge is 2.22. The maximum atomic E-state index is 11.7. The molecule has 0 aliphatic rings. The van der Waals surface area contributed by atoms with E-state index < -0.39 is 12.0 Å². The minimum atomic E-state index is -0.913. The van der Waals surface area contributed by atoms with Gasteiger partial charge in [0.15, 0.2) is 0 Å². The molecule has 0 rings (SSSR count). The lowest BCUT2D eigenvalue weighted by atomic mass is 9.99. The van der Waals surface area contributed by atoms with Crippen LogP contribution in [0.4, 0.5) is 0 Å². The number of rotatable bonds is 7. The number of hydrogen-bond acceptors (Lipinski definition) is 3. The Bertz CT molecular complexity index is 243. The fourth-order valence-electron chi connectivity index (χ4n) is 1.32. The number of carbonyl (C=O) groups is 2. The number of nitrogens with two attached hydrogens (primary N) is 1. The van der Waals surface area contributed by atoms with E-state index in [1.165, 1.54) is 0 Å². The first-order chi connectivity index (χ1) is 7.42. The van der Waals surface area contributed by atoms with Gasteiger partial charge in [0.1, 0.15) is 0 Å². The molecule has 0 fully saturated rings. The molecule has 0 aromatic carbocycles. The average Bonchev–Trinajstić information content (AvgIpc) is 2.25. The first-order valence-corrected chi connectivity index (χ1v) is 5.70. The molecule has 0 aromatic heterocycles. The summed E-state index contributed by atoms with van der Waals surface area (Å²) in [7, 11) is 0. The maximum absolute atomic E-state index is 11.7. The second-order valence-electron chi connectivity index (χ2n) is 4.12. The third kappa shape index (κ3) is 5.11. The van der Waals surface area contributed by atoms with Crippen molar-refractivity contribution >= 4 is 11.9 Å². The minimum absolute atomic E-state index is 0.0601. The fraction of sp³-hybridized carbons (Fsp3) is 0.818. The van der Waals surface area contributed by atoms with E-state index in [0.29, 0.717) is 6.42 Å². The van der Waals surface area contributed by atoms with Crippen molar-refractivity contribution in [1.29, 1.82) is 0 Å². The van der Waals surface area contributed by atoms with Crippen molar-refractivity contribution in [2.45, 2.75) is 52.1 Å². The number of carboxylic acid groups (broad SMARTS) is 1. The molecule has 5 heteroatoms. The van der Waals surface area contributed by atoms with Gasteiger partial charge in [-0.3, -0.25) is 9.59 Å². The fourth-order valence-corrected chi connectivity index (χ4v) is 1.32. The minimum Gasteiger partial charge on any atom is -0.481 e. The summed E-state index contributed by atoms with van der Waals surface area (Å²) < 4.78 is 0. The van der Waals surface area contributed by atoms with Crippen molar-refractivity contribution in [3.8, 4) is 0 Å². The molecule has 0 spiro atoms. The Kier molecular flexibility index (Phi) is 6.72. The summed E-state index contributed by atoms with van der Waals surface area (Å²) in [6.07, 6.45) is 1.35. The highest BCUT2D eigenvalue weighted by molar-refractivity contribution is 5.82. The van der Waals surface area contributed by atoms with Crippen LogP contribution in [0.1, 0.15) is 40.0 Å². The van der Waals surface area contributed by atoms with Gasteiger partial charge in [-0.1, -0.05) is 27.2 Å². The molecule has 0 aliphatic heterocycles. The van der Waals surface area contributed by atoms with E-state index >= 15 is 0 Å². The van der Waals surface area contributed by atoms with E-state index in [9.17, 15) is 9.59 Å². The van der Waals surface area contributed by atoms with Crippen LogP contribution in [0, 0.1) is 5.92 Å². The van der Waals surface area contributed by atoms with Crippen LogP contribution >= 0.6 is 0 Å². The van der Waals surface area contributed by atoms with Crippen molar-refractivity contribution in [2.75, 3.05) is 0 Å². The van der Waals surface area contributed by atoms with Crippen molar-refractivity contribution < 1.29 is 14.7 Å². The van der Waals surface area contributed by atoms with E-state index in [0.717, 1.165) is 6.42 Å². The van der Waals surface area contributed by atoms with Crippen LogP contribution < -0.4 is 11.1 Å². The molecule has 94 valence electrons. The lowest BCUT2D eigenvalue weighted by Gasteiger charge is -2.21. The SMILES string of the molecule is CCC(CC(=O)O)NC(=O)[C@@H](N)C(C)CC. The normalized spacial score (nSPS) is 16.2. The zero-order valence-electron chi connectivity index (χ0n) is 10.2. The molecular formula is C11H22N2O3. The van der Waals surface area contributed by atoms with Gasteiger partial charge in [-0.25, -0.2) is 0 Å². The molecule has 0 aliphatic carbocycles. The Balaban J connectivity index is 4.24. The van der Waals surface area contributed by atoms with Crippen LogP contribution in [-0.2, 0) is 9.59 Å². The van der Waals surface area contributed by atoms with Crippen LogP contribution in [0.25, 0.3) is 0 Å². The molecular weight excluding hydrogens is 208 g/mol. The number of aliphatic carboxylic acids is 1. The molecule has 0 aromatic rings. The van der Waals surface area contributed by atoms with Crippen LogP contribution in [0.2, 0.25) is 0 Å². The van der Waals surface area contributed by atoms with Gasteiger partial charge < -0.3 is 16.2 Å². The van der Waals surface area contributed by atoms with E-state index in [2.05, 4.69) is 5.32 Å². The quantitative estimate of drug-likeness (QED) is 0.601. The molecule has 0 saturated carbocycles. The number of amides is 1. The zero-order chi connectivity index (χ0) is 12.7. The highest BCUT2D eigenvalue weighted by Crippen LogP contribution is 2.06. The van der Waals surface area contributed by atoms with Gasteiger partial charge in [-0.15, -0.1) is 0 Å². The van der Waals surface area contributed by atoms with Crippen molar-refractivity contribution in [3.63, 3.8) is 0 Å². The number of carbonyl (C=O) groups excluding carboxylic acids is 1. The molecule has 3 atom stereocenters. The van der Waals surface area contributed by atoms with E-state index in [-0.39, 0.29) is 24.3 Å². The molecule has 16 heavy (non-hydrogen) atoms. The summed E-state index contributed by atoms with van der Waals surface area (Å²) >= 11 is 0. The Labute approximate surface area is 96.4 Å². The van der Waals surface area contributed by atoms with Gasteiger partial charge in [0.25, 0.3) is 0 Å². The van der Waals surface area contributed by atoms with Crippen LogP contribution in [0.3, 0.4) is 0 Å². The average molecular weight is 230 g/mol. The van der Waals surface area contributed by atoms with E-state index in [4.69, 9.17) is 10.8 Å². The van der Waals surface area contributed by atoms with Gasteiger partial charge >= 0.3 is 5.97 Å². The second kappa shape index (κ2) is 7.22. The van der Waals surface area contributed by atoms with Gasteiger partial charge in [-0.2, -0.15) is 0 Å². The first-order valence-electron chi connectivity index (χ1n) is 5.70. The molecule has 2 unspecified atom stereocenters. The van der Waals surface area contributed by atoms with Crippen LogP contribution in [0.5, 0.6) is 0 Å². The van der Waals surface area contributed by atoms with Gasteiger partial charge in [-0.05, 0) is 12.3 Å². The van der Waals surface area contributed by atoms with E-state index in [1.54, 1.807) is 0 Å². The number of hydrogen-bond donors (Lipinski definition) is 3. The summed E-state index contributed by atoms with van der Waals surface area (Å²) in [5.41, 5.74) is 5.75. The maximum Gasteiger partial charge on any atom is 0.305 e. The zero-order valence-corrected chi connectivity index (χ0v) is 10.2. The van der Waals surface area contributed by atoms with Crippen LogP contribution in [-0.4, -0.2) is 29.1 Å². The highest BCUT2D eigenvalue weighted by atomic mass is 16.4. The predicted octanol–water partition coefficient (Wildman–Crippen LogP) is 0.729. The third-order valence-corrected chi connectivity index (χ3v) is 2.82. The molecule has 0 bridgehead atoms. The topological polar surface area (TPSA) is 92.4 Å². The number of carboxylic acids is 1. The van der Waals surface area contributed by atoms with Gasteiger partial charge in [0.2, 0.25) is 5.91 Å². The smallest absolute Gasteiger partial charge is 0.305 e. The summed E-state index contributed by atoms with van der Waals surface area (Å²) in [6.45, 7) is 5.71. The largest absolute Gasteiger partial charge is 0.481 e. The van der Waals surface area contributed by atoms with Gasteiger partial charge in [0, 0.05) is 6.04 Å².